The molecule has 1 aliphatic rings. The molecule has 0 radical (unpaired) electrons. The zero-order valence-electron chi connectivity index (χ0n) is 11.3. The van der Waals surface area contributed by atoms with E-state index in [1.54, 1.807) is 0 Å². The van der Waals surface area contributed by atoms with Gasteiger partial charge >= 0.3 is 0 Å². The molecule has 0 aliphatic heterocycles. The van der Waals surface area contributed by atoms with Crippen LogP contribution >= 0.6 is 0 Å². The molecule has 1 amide bonds. The summed E-state index contributed by atoms with van der Waals surface area (Å²) in [6.07, 6.45) is 4.66. The second kappa shape index (κ2) is 7.21. The summed E-state index contributed by atoms with van der Waals surface area (Å²) in [5, 5.41) is 12.5. The van der Waals surface area contributed by atoms with Gasteiger partial charge < -0.3 is 16.2 Å². The minimum absolute atomic E-state index is 0.0832. The van der Waals surface area contributed by atoms with Gasteiger partial charge in [-0.1, -0.05) is 12.8 Å². The van der Waals surface area contributed by atoms with Gasteiger partial charge in [-0.15, -0.1) is 0 Å². The maximum atomic E-state index is 11.7. The molecule has 0 aromatic heterocycles. The fourth-order valence-electron chi connectivity index (χ4n) is 2.26. The molecular formula is C12H24N2O4S. The molecule has 7 heteroatoms. The van der Waals surface area contributed by atoms with Crippen molar-refractivity contribution in [3.8, 4) is 0 Å². The highest BCUT2D eigenvalue weighted by Gasteiger charge is 2.24. The Labute approximate surface area is 114 Å². The number of rotatable bonds is 6. The third-order valence-electron chi connectivity index (χ3n) is 3.54. The molecule has 0 aromatic carbocycles. The second-order valence-corrected chi connectivity index (χ2v) is 7.64. The third-order valence-corrected chi connectivity index (χ3v) is 4.52. The van der Waals surface area contributed by atoms with Crippen molar-refractivity contribution in [2.75, 3.05) is 18.6 Å². The Kier molecular flexibility index (Phi) is 6.22. The molecule has 3 atom stereocenters. The highest BCUT2D eigenvalue weighted by molar-refractivity contribution is 7.90. The lowest BCUT2D eigenvalue weighted by atomic mass is 9.86. The predicted octanol–water partition coefficient (Wildman–Crippen LogP) is -0.584. The first-order valence-corrected chi connectivity index (χ1v) is 8.74. The number of aliphatic hydroxyl groups is 1. The average Bonchev–Trinajstić information content (AvgIpc) is 2.33. The minimum atomic E-state index is -3.10. The van der Waals surface area contributed by atoms with Gasteiger partial charge in [0.15, 0.2) is 0 Å². The van der Waals surface area contributed by atoms with E-state index in [9.17, 15) is 18.3 Å². The van der Waals surface area contributed by atoms with Crippen LogP contribution in [0.4, 0.5) is 0 Å². The van der Waals surface area contributed by atoms with Crippen LogP contribution in [-0.4, -0.2) is 50.1 Å². The minimum Gasteiger partial charge on any atom is -0.393 e. The van der Waals surface area contributed by atoms with Crippen LogP contribution < -0.4 is 11.1 Å². The van der Waals surface area contributed by atoms with Gasteiger partial charge in [-0.3, -0.25) is 4.79 Å². The van der Waals surface area contributed by atoms with E-state index in [-0.39, 0.29) is 30.1 Å². The van der Waals surface area contributed by atoms with Crippen molar-refractivity contribution in [1.82, 2.24) is 5.32 Å². The molecule has 4 N–H and O–H groups in total. The smallest absolute Gasteiger partial charge is 0.236 e. The molecule has 0 aromatic rings. The normalized spacial score (nSPS) is 25.8. The van der Waals surface area contributed by atoms with Gasteiger partial charge in [0.1, 0.15) is 9.84 Å². The Morgan fingerprint density at radius 1 is 1.42 bits per heavy atom. The number of carbonyl (C=O) groups is 1. The first-order chi connectivity index (χ1) is 8.79. The zero-order chi connectivity index (χ0) is 14.5. The van der Waals surface area contributed by atoms with E-state index in [1.807, 2.05) is 0 Å². The molecule has 19 heavy (non-hydrogen) atoms. The van der Waals surface area contributed by atoms with Crippen LogP contribution in [0.3, 0.4) is 0 Å². The topological polar surface area (TPSA) is 109 Å². The van der Waals surface area contributed by atoms with Crippen molar-refractivity contribution in [2.45, 2.75) is 44.2 Å². The van der Waals surface area contributed by atoms with Crippen LogP contribution in [-0.2, 0) is 14.6 Å². The van der Waals surface area contributed by atoms with Crippen LogP contribution in [0.1, 0.15) is 32.1 Å². The van der Waals surface area contributed by atoms with Crippen molar-refractivity contribution in [3.05, 3.63) is 0 Å². The summed E-state index contributed by atoms with van der Waals surface area (Å²) in [5.41, 5.74) is 5.64. The number of nitrogens with one attached hydrogen (secondary N) is 1. The number of hydrogen-bond donors (Lipinski definition) is 3. The highest BCUT2D eigenvalue weighted by Crippen LogP contribution is 2.23. The number of carbonyl (C=O) groups excluding carboxylic acids is 1. The number of aliphatic hydroxyl groups excluding tert-OH is 1. The molecule has 0 heterocycles. The Balaban J connectivity index is 2.29. The van der Waals surface area contributed by atoms with E-state index in [0.717, 1.165) is 31.9 Å². The molecule has 1 rings (SSSR count). The molecule has 1 fully saturated rings. The van der Waals surface area contributed by atoms with E-state index < -0.39 is 15.9 Å². The molecule has 0 spiro atoms. The van der Waals surface area contributed by atoms with Gasteiger partial charge in [0, 0.05) is 18.7 Å². The standard InChI is InChI=1S/C12H24N2O4S/c1-19(17,18)7-6-10(13)12(16)14-8-9-4-2-3-5-11(9)15/h9-11,15H,2-8,13H2,1H3,(H,14,16). The van der Waals surface area contributed by atoms with E-state index >= 15 is 0 Å². The first kappa shape index (κ1) is 16.4. The van der Waals surface area contributed by atoms with E-state index in [0.29, 0.717) is 6.54 Å². The lowest BCUT2D eigenvalue weighted by molar-refractivity contribution is -0.122. The molecule has 0 bridgehead atoms. The summed E-state index contributed by atoms with van der Waals surface area (Å²) in [6.45, 7) is 0.409. The van der Waals surface area contributed by atoms with Gasteiger partial charge in [-0.2, -0.15) is 0 Å². The van der Waals surface area contributed by atoms with E-state index in [2.05, 4.69) is 5.32 Å². The zero-order valence-corrected chi connectivity index (χ0v) is 12.2. The summed E-state index contributed by atoms with van der Waals surface area (Å²) in [4.78, 5) is 11.7. The summed E-state index contributed by atoms with van der Waals surface area (Å²) in [6, 6.07) is -0.810. The number of hydrogen-bond acceptors (Lipinski definition) is 5. The van der Waals surface area contributed by atoms with Crippen molar-refractivity contribution in [1.29, 1.82) is 0 Å². The SMILES string of the molecule is CS(=O)(=O)CCC(N)C(=O)NCC1CCCCC1O. The van der Waals surface area contributed by atoms with Gasteiger partial charge in [0.2, 0.25) is 5.91 Å². The maximum Gasteiger partial charge on any atom is 0.236 e. The molecule has 6 nitrogen and oxygen atoms in total. The lowest BCUT2D eigenvalue weighted by Gasteiger charge is -2.28. The molecule has 1 saturated carbocycles. The summed E-state index contributed by atoms with van der Waals surface area (Å²) in [7, 11) is -3.10. The van der Waals surface area contributed by atoms with Crippen LogP contribution in [0.25, 0.3) is 0 Å². The monoisotopic (exact) mass is 292 g/mol. The number of sulfone groups is 1. The predicted molar refractivity (Wildman–Crippen MR) is 73.3 cm³/mol. The van der Waals surface area contributed by atoms with Crippen molar-refractivity contribution >= 4 is 15.7 Å². The highest BCUT2D eigenvalue weighted by atomic mass is 32.2. The molecule has 3 unspecified atom stereocenters. The van der Waals surface area contributed by atoms with Crippen molar-refractivity contribution in [2.24, 2.45) is 11.7 Å². The Morgan fingerprint density at radius 2 is 2.05 bits per heavy atom. The summed E-state index contributed by atoms with van der Waals surface area (Å²) >= 11 is 0. The largest absolute Gasteiger partial charge is 0.393 e. The fraction of sp³-hybridized carbons (Fsp3) is 0.917. The van der Waals surface area contributed by atoms with Crippen LogP contribution in [0.5, 0.6) is 0 Å². The molecular weight excluding hydrogens is 268 g/mol. The number of amides is 1. The van der Waals surface area contributed by atoms with Crippen molar-refractivity contribution in [3.63, 3.8) is 0 Å². The summed E-state index contributed by atoms with van der Waals surface area (Å²) < 4.78 is 22.0. The van der Waals surface area contributed by atoms with Gasteiger partial charge in [-0.05, 0) is 19.3 Å². The lowest BCUT2D eigenvalue weighted by Crippen LogP contribution is -2.45. The van der Waals surface area contributed by atoms with Crippen LogP contribution in [0.15, 0.2) is 0 Å². The molecule has 1 aliphatic carbocycles. The Bertz CT molecular complexity index is 397. The molecule has 0 saturated heterocycles. The van der Waals surface area contributed by atoms with Gasteiger partial charge in [0.05, 0.1) is 17.9 Å². The van der Waals surface area contributed by atoms with Gasteiger partial charge in [-0.25, -0.2) is 8.42 Å². The Morgan fingerprint density at radius 3 is 2.63 bits per heavy atom. The first-order valence-electron chi connectivity index (χ1n) is 6.68. The van der Waals surface area contributed by atoms with E-state index in [4.69, 9.17) is 5.73 Å². The summed E-state index contributed by atoms with van der Waals surface area (Å²) in [5.74, 6) is -0.352. The quantitative estimate of drug-likeness (QED) is 0.606. The number of nitrogens with two attached hydrogens (primary N) is 1. The van der Waals surface area contributed by atoms with Gasteiger partial charge in [0.25, 0.3) is 0 Å². The van der Waals surface area contributed by atoms with Crippen molar-refractivity contribution < 1.29 is 18.3 Å². The van der Waals surface area contributed by atoms with Crippen LogP contribution in [0.2, 0.25) is 0 Å². The average molecular weight is 292 g/mol. The van der Waals surface area contributed by atoms with Crippen LogP contribution in [0, 0.1) is 5.92 Å². The molecule has 112 valence electrons. The maximum absolute atomic E-state index is 11.7. The fourth-order valence-corrected chi connectivity index (χ4v) is 2.94. The van der Waals surface area contributed by atoms with E-state index in [1.165, 1.54) is 0 Å². The second-order valence-electron chi connectivity index (χ2n) is 5.38. The Hall–Kier alpha value is -0.660. The third kappa shape index (κ3) is 6.35.